The number of aromatic nitrogens is 3. The first kappa shape index (κ1) is 28.9. The number of fused-ring (bicyclic) bond motifs is 2. The number of hydrogen-bond acceptors (Lipinski definition) is 5. The number of hydrogen-bond donors (Lipinski definition) is 2. The van der Waals surface area contributed by atoms with Crippen LogP contribution in [0.1, 0.15) is 59.8 Å². The number of nitrogens with two attached hydrogens (primary N) is 1. The van der Waals surface area contributed by atoms with E-state index in [1.165, 1.54) is 30.5 Å². The second-order valence-electron chi connectivity index (χ2n) is 11.8. The molecular formula is C35H30F3N5O2. The predicted octanol–water partition coefficient (Wildman–Crippen LogP) is 6.00. The molecule has 1 saturated carbocycles. The van der Waals surface area contributed by atoms with Gasteiger partial charge in [0.2, 0.25) is 5.91 Å². The highest BCUT2D eigenvalue weighted by atomic mass is 19.1. The molecule has 1 amide bonds. The smallest absolute Gasteiger partial charge is 0.272 e. The average molecular weight is 610 g/mol. The molecular weight excluding hydrogens is 579 g/mol. The number of pyridine rings is 1. The molecule has 0 spiro atoms. The van der Waals surface area contributed by atoms with Crippen molar-refractivity contribution in [3.8, 4) is 11.1 Å². The normalized spacial score (nSPS) is 16.8. The van der Waals surface area contributed by atoms with Crippen LogP contribution in [0.3, 0.4) is 0 Å². The summed E-state index contributed by atoms with van der Waals surface area (Å²) in [5.41, 5.74) is 7.95. The number of carbonyl (C=O) groups excluding carboxylic acids is 1. The Morgan fingerprint density at radius 2 is 1.73 bits per heavy atom. The summed E-state index contributed by atoms with van der Waals surface area (Å²) < 4.78 is 44.4. The third-order valence-corrected chi connectivity index (χ3v) is 9.22. The van der Waals surface area contributed by atoms with Crippen molar-refractivity contribution in [3.05, 3.63) is 129 Å². The van der Waals surface area contributed by atoms with Crippen LogP contribution in [0.4, 0.5) is 13.2 Å². The number of carbonyl (C=O) groups is 1. The lowest BCUT2D eigenvalue weighted by molar-refractivity contribution is -0.137. The number of H-pyrrole nitrogens is 1. The van der Waals surface area contributed by atoms with E-state index in [1.807, 2.05) is 12.1 Å². The van der Waals surface area contributed by atoms with E-state index < -0.39 is 23.1 Å². The van der Waals surface area contributed by atoms with Gasteiger partial charge in [0.25, 0.3) is 5.56 Å². The lowest BCUT2D eigenvalue weighted by Crippen LogP contribution is -2.43. The molecule has 45 heavy (non-hydrogen) atoms. The van der Waals surface area contributed by atoms with Crippen LogP contribution in [-0.4, -0.2) is 26.0 Å². The largest absolute Gasteiger partial charge is 0.329 e. The monoisotopic (exact) mass is 609 g/mol. The molecule has 2 heterocycles. The van der Waals surface area contributed by atoms with Crippen LogP contribution in [0.15, 0.2) is 77.7 Å². The van der Waals surface area contributed by atoms with Crippen LogP contribution >= 0.6 is 0 Å². The number of nitrogens with zero attached hydrogens (tertiary/aromatic N) is 3. The van der Waals surface area contributed by atoms with Gasteiger partial charge < -0.3 is 10.6 Å². The van der Waals surface area contributed by atoms with Crippen LogP contribution in [0.5, 0.6) is 0 Å². The summed E-state index contributed by atoms with van der Waals surface area (Å²) >= 11 is 0. The van der Waals surface area contributed by atoms with Crippen molar-refractivity contribution in [2.24, 2.45) is 5.73 Å². The third kappa shape index (κ3) is 4.99. The lowest BCUT2D eigenvalue weighted by Gasteiger charge is -2.38. The van der Waals surface area contributed by atoms with Crippen molar-refractivity contribution in [2.75, 3.05) is 0 Å². The van der Waals surface area contributed by atoms with E-state index in [4.69, 9.17) is 5.73 Å². The quantitative estimate of drug-likeness (QED) is 0.236. The fraction of sp³-hybridized carbons (Fsp3) is 0.257. The molecule has 0 radical (unpaired) electrons. The van der Waals surface area contributed by atoms with E-state index in [0.717, 1.165) is 17.5 Å². The summed E-state index contributed by atoms with van der Waals surface area (Å²) in [6.07, 6.45) is 4.62. The predicted molar refractivity (Wildman–Crippen MR) is 163 cm³/mol. The standard InChI is InChI=1S/C35H30F3N5O2/c36-26-7-3-8-27(37)31(26)21-10-12-23(40-18-21)19-43(30-9-2-5-20-4-1-6-28(38)32(20)30)34(45)35(14-15-35)22-11-13-24-25(16-22)29(17-39)41-42-33(24)44/h1,3-4,6-8,10-13,16,18,30H,2,5,9,14-15,17,19,39H2,(H,42,44). The molecule has 0 saturated heterocycles. The number of benzene rings is 3. The highest BCUT2D eigenvalue weighted by Crippen LogP contribution is 2.52. The summed E-state index contributed by atoms with van der Waals surface area (Å²) in [4.78, 5) is 33.4. The zero-order valence-corrected chi connectivity index (χ0v) is 24.3. The summed E-state index contributed by atoms with van der Waals surface area (Å²) in [5, 5.41) is 7.60. The van der Waals surface area contributed by atoms with E-state index >= 15 is 4.39 Å². The molecule has 5 aromatic rings. The molecule has 2 aromatic heterocycles. The Balaban J connectivity index is 1.29. The van der Waals surface area contributed by atoms with Gasteiger partial charge in [-0.05, 0) is 79.6 Å². The second kappa shape index (κ2) is 11.3. The summed E-state index contributed by atoms with van der Waals surface area (Å²) in [7, 11) is 0. The van der Waals surface area contributed by atoms with E-state index in [2.05, 4.69) is 15.2 Å². The summed E-state index contributed by atoms with van der Waals surface area (Å²) in [6, 6.07) is 16.7. The van der Waals surface area contributed by atoms with Crippen LogP contribution in [0.25, 0.3) is 21.9 Å². The van der Waals surface area contributed by atoms with E-state index in [0.29, 0.717) is 53.4 Å². The maximum absolute atomic E-state index is 15.5. The van der Waals surface area contributed by atoms with Crippen molar-refractivity contribution >= 4 is 16.7 Å². The van der Waals surface area contributed by atoms with Gasteiger partial charge in [0.1, 0.15) is 17.5 Å². The molecule has 1 atom stereocenters. The topological polar surface area (TPSA) is 105 Å². The van der Waals surface area contributed by atoms with Crippen molar-refractivity contribution < 1.29 is 18.0 Å². The summed E-state index contributed by atoms with van der Waals surface area (Å²) in [5.74, 6) is -1.92. The maximum atomic E-state index is 15.5. The molecule has 0 bridgehead atoms. The van der Waals surface area contributed by atoms with Crippen LogP contribution in [-0.2, 0) is 29.7 Å². The molecule has 1 fully saturated rings. The zero-order chi connectivity index (χ0) is 31.3. The molecule has 3 aromatic carbocycles. The third-order valence-electron chi connectivity index (χ3n) is 9.22. The molecule has 0 aliphatic heterocycles. The number of aryl methyl sites for hydroxylation is 1. The van der Waals surface area contributed by atoms with Crippen LogP contribution < -0.4 is 11.3 Å². The van der Waals surface area contributed by atoms with Gasteiger partial charge in [-0.25, -0.2) is 18.3 Å². The highest BCUT2D eigenvalue weighted by molar-refractivity contribution is 5.94. The van der Waals surface area contributed by atoms with Crippen LogP contribution in [0, 0.1) is 17.5 Å². The first-order valence-corrected chi connectivity index (χ1v) is 15.0. The second-order valence-corrected chi connectivity index (χ2v) is 11.8. The number of halogens is 3. The maximum Gasteiger partial charge on any atom is 0.272 e. The van der Waals surface area contributed by atoms with Gasteiger partial charge in [0, 0.05) is 29.3 Å². The molecule has 2 aliphatic carbocycles. The average Bonchev–Trinajstić information content (AvgIpc) is 3.86. The van der Waals surface area contributed by atoms with Gasteiger partial charge in [-0.2, -0.15) is 5.10 Å². The molecule has 10 heteroatoms. The molecule has 1 unspecified atom stereocenters. The number of rotatable bonds is 7. The first-order chi connectivity index (χ1) is 21.8. The Labute approximate surface area is 256 Å². The van der Waals surface area contributed by atoms with E-state index in [-0.39, 0.29) is 41.5 Å². The van der Waals surface area contributed by atoms with Gasteiger partial charge in [-0.3, -0.25) is 14.6 Å². The number of nitrogens with one attached hydrogen (secondary N) is 1. The van der Waals surface area contributed by atoms with E-state index in [9.17, 15) is 18.4 Å². The van der Waals surface area contributed by atoms with Crippen molar-refractivity contribution in [3.63, 3.8) is 0 Å². The van der Waals surface area contributed by atoms with Crippen molar-refractivity contribution in [1.29, 1.82) is 0 Å². The molecule has 7 nitrogen and oxygen atoms in total. The number of aromatic amines is 1. The van der Waals surface area contributed by atoms with Crippen LogP contribution in [0.2, 0.25) is 0 Å². The van der Waals surface area contributed by atoms with Gasteiger partial charge in [-0.1, -0.05) is 30.3 Å². The Kier molecular flexibility index (Phi) is 7.24. The summed E-state index contributed by atoms with van der Waals surface area (Å²) in [6.45, 7) is 0.183. The molecule has 2 aliphatic rings. The SMILES string of the molecule is NCc1n[nH]c(=O)c2ccc(C3(C(=O)N(Cc4ccc(-c5c(F)cccc5F)cn4)C4CCCc5cccc(F)c54)CC3)cc12. The Morgan fingerprint density at radius 3 is 2.44 bits per heavy atom. The minimum atomic E-state index is -0.873. The van der Waals surface area contributed by atoms with Gasteiger partial charge in [0.05, 0.1) is 40.3 Å². The molecule has 228 valence electrons. The minimum Gasteiger partial charge on any atom is -0.329 e. The van der Waals surface area contributed by atoms with Crippen molar-refractivity contribution in [2.45, 2.75) is 56.7 Å². The molecule has 7 rings (SSSR count). The Bertz CT molecular complexity index is 1990. The zero-order valence-electron chi connectivity index (χ0n) is 24.3. The fourth-order valence-electron chi connectivity index (χ4n) is 6.75. The highest BCUT2D eigenvalue weighted by Gasteiger charge is 2.54. The fourth-order valence-corrected chi connectivity index (χ4v) is 6.75. The first-order valence-electron chi connectivity index (χ1n) is 15.0. The minimum absolute atomic E-state index is 0.0713. The van der Waals surface area contributed by atoms with Gasteiger partial charge in [-0.15, -0.1) is 0 Å². The molecule has 3 N–H and O–H groups in total. The lowest BCUT2D eigenvalue weighted by atomic mass is 9.84. The van der Waals surface area contributed by atoms with Crippen molar-refractivity contribution in [1.82, 2.24) is 20.1 Å². The van der Waals surface area contributed by atoms with Gasteiger partial charge in [0.15, 0.2) is 0 Å². The van der Waals surface area contributed by atoms with Gasteiger partial charge >= 0.3 is 0 Å². The Hall–Kier alpha value is -4.83. The Morgan fingerprint density at radius 1 is 0.978 bits per heavy atom. The van der Waals surface area contributed by atoms with E-state index in [1.54, 1.807) is 35.2 Å². The number of amides is 1.